The molecular formula is C10H14N2O2. The first kappa shape index (κ1) is 9.47. The molecule has 14 heavy (non-hydrogen) atoms. The molecule has 4 heteroatoms. The van der Waals surface area contributed by atoms with Crippen LogP contribution in [0.2, 0.25) is 0 Å². The van der Waals surface area contributed by atoms with Crippen LogP contribution >= 0.6 is 0 Å². The Labute approximate surface area is 83.4 Å². The van der Waals surface area contributed by atoms with Crippen LogP contribution < -0.4 is 0 Å². The zero-order valence-electron chi connectivity index (χ0n) is 8.16. The Morgan fingerprint density at radius 3 is 2.43 bits per heavy atom. The van der Waals surface area contributed by atoms with Gasteiger partial charge >= 0.3 is 0 Å². The van der Waals surface area contributed by atoms with E-state index in [9.17, 15) is 4.79 Å². The molecule has 2 saturated heterocycles. The number of likely N-dealkylation sites (tertiary alicyclic amines) is 1. The van der Waals surface area contributed by atoms with Crippen LogP contribution in [0.25, 0.3) is 0 Å². The van der Waals surface area contributed by atoms with Crippen molar-refractivity contribution in [3.63, 3.8) is 0 Å². The highest BCUT2D eigenvalue weighted by Crippen LogP contribution is 2.33. The lowest BCUT2D eigenvalue weighted by atomic mass is 9.79. The van der Waals surface area contributed by atoms with Crippen LogP contribution in [0.5, 0.6) is 0 Å². The third-order valence-electron chi connectivity index (χ3n) is 3.11. The summed E-state index contributed by atoms with van der Waals surface area (Å²) in [5.41, 5.74) is -0.779. The molecule has 0 aromatic heterocycles. The molecule has 0 atom stereocenters. The quantitative estimate of drug-likeness (QED) is 0.612. The summed E-state index contributed by atoms with van der Waals surface area (Å²) in [6.07, 6.45) is 2.18. The number of amides is 1. The Balaban J connectivity index is 2.10. The van der Waals surface area contributed by atoms with E-state index in [0.717, 1.165) is 19.5 Å². The molecule has 0 spiro atoms. The maximum absolute atomic E-state index is 12.0. The Morgan fingerprint density at radius 1 is 1.36 bits per heavy atom. The SMILES string of the molecule is N#CC1(C(=O)N2CCC2)CCOCC1. The molecular weight excluding hydrogens is 180 g/mol. The monoisotopic (exact) mass is 194 g/mol. The van der Waals surface area contributed by atoms with Gasteiger partial charge in [-0.15, -0.1) is 0 Å². The Hall–Kier alpha value is -1.08. The van der Waals surface area contributed by atoms with Crippen molar-refractivity contribution in [2.75, 3.05) is 26.3 Å². The van der Waals surface area contributed by atoms with Crippen LogP contribution in [0.15, 0.2) is 0 Å². The van der Waals surface area contributed by atoms with Crippen molar-refractivity contribution in [3.8, 4) is 6.07 Å². The fourth-order valence-electron chi connectivity index (χ4n) is 1.92. The minimum absolute atomic E-state index is 0.0227. The molecule has 0 aromatic rings. The highest BCUT2D eigenvalue weighted by molar-refractivity contribution is 5.86. The Morgan fingerprint density at radius 2 is 2.00 bits per heavy atom. The predicted molar refractivity (Wildman–Crippen MR) is 49.3 cm³/mol. The summed E-state index contributed by atoms with van der Waals surface area (Å²) in [6, 6.07) is 2.20. The molecule has 2 heterocycles. The number of nitrogens with zero attached hydrogens (tertiary/aromatic N) is 2. The molecule has 2 aliphatic heterocycles. The van der Waals surface area contributed by atoms with Gasteiger partial charge in [0.1, 0.15) is 5.41 Å². The molecule has 0 saturated carbocycles. The van der Waals surface area contributed by atoms with Crippen molar-refractivity contribution in [2.24, 2.45) is 5.41 Å². The Bertz CT molecular complexity index is 272. The molecule has 2 aliphatic rings. The fourth-order valence-corrected chi connectivity index (χ4v) is 1.92. The van der Waals surface area contributed by atoms with Gasteiger partial charge in [-0.25, -0.2) is 0 Å². The average Bonchev–Trinajstić information content (AvgIpc) is 2.16. The molecule has 2 fully saturated rings. The van der Waals surface area contributed by atoms with Crippen molar-refractivity contribution in [1.82, 2.24) is 4.90 Å². The van der Waals surface area contributed by atoms with Gasteiger partial charge < -0.3 is 9.64 Å². The summed E-state index contributed by atoms with van der Waals surface area (Å²) in [7, 11) is 0. The summed E-state index contributed by atoms with van der Waals surface area (Å²) in [4.78, 5) is 13.8. The summed E-state index contributed by atoms with van der Waals surface area (Å²) in [5, 5.41) is 9.13. The number of hydrogen-bond donors (Lipinski definition) is 0. The third kappa shape index (κ3) is 1.38. The van der Waals surface area contributed by atoms with Gasteiger partial charge in [0.15, 0.2) is 0 Å². The van der Waals surface area contributed by atoms with E-state index in [-0.39, 0.29) is 5.91 Å². The molecule has 0 aromatic carbocycles. The van der Waals surface area contributed by atoms with Crippen molar-refractivity contribution in [1.29, 1.82) is 5.26 Å². The van der Waals surface area contributed by atoms with E-state index in [2.05, 4.69) is 6.07 Å². The summed E-state index contributed by atoms with van der Waals surface area (Å²) < 4.78 is 5.19. The zero-order valence-corrected chi connectivity index (χ0v) is 8.16. The molecule has 4 nitrogen and oxygen atoms in total. The lowest BCUT2D eigenvalue weighted by Crippen LogP contribution is -2.51. The largest absolute Gasteiger partial charge is 0.381 e. The lowest BCUT2D eigenvalue weighted by Gasteiger charge is -2.39. The first-order valence-electron chi connectivity index (χ1n) is 5.07. The van der Waals surface area contributed by atoms with Crippen LogP contribution in [0.1, 0.15) is 19.3 Å². The second-order valence-corrected chi connectivity index (χ2v) is 3.95. The van der Waals surface area contributed by atoms with Crippen molar-refractivity contribution in [2.45, 2.75) is 19.3 Å². The molecule has 0 bridgehead atoms. The molecule has 0 N–H and O–H groups in total. The first-order valence-corrected chi connectivity index (χ1v) is 5.07. The van der Waals surface area contributed by atoms with Crippen molar-refractivity contribution >= 4 is 5.91 Å². The zero-order chi connectivity index (χ0) is 10.0. The fraction of sp³-hybridized carbons (Fsp3) is 0.800. The van der Waals surface area contributed by atoms with E-state index < -0.39 is 5.41 Å². The lowest BCUT2D eigenvalue weighted by molar-refractivity contribution is -0.147. The minimum Gasteiger partial charge on any atom is -0.381 e. The van der Waals surface area contributed by atoms with Gasteiger partial charge in [0, 0.05) is 26.3 Å². The molecule has 0 aliphatic carbocycles. The van der Waals surface area contributed by atoms with Crippen LogP contribution in [-0.2, 0) is 9.53 Å². The van der Waals surface area contributed by atoms with E-state index in [1.807, 2.05) is 0 Å². The van der Waals surface area contributed by atoms with Gasteiger partial charge in [-0.3, -0.25) is 4.79 Å². The third-order valence-corrected chi connectivity index (χ3v) is 3.11. The molecule has 76 valence electrons. The number of carbonyl (C=O) groups excluding carboxylic acids is 1. The van der Waals surface area contributed by atoms with Crippen LogP contribution in [0, 0.1) is 16.7 Å². The smallest absolute Gasteiger partial charge is 0.243 e. The number of carbonyl (C=O) groups is 1. The van der Waals surface area contributed by atoms with Crippen molar-refractivity contribution in [3.05, 3.63) is 0 Å². The van der Waals surface area contributed by atoms with Gasteiger partial charge in [0.2, 0.25) is 5.91 Å². The molecule has 2 rings (SSSR count). The summed E-state index contributed by atoms with van der Waals surface area (Å²) in [6.45, 7) is 2.71. The van der Waals surface area contributed by atoms with Crippen LogP contribution in [0.4, 0.5) is 0 Å². The number of hydrogen-bond acceptors (Lipinski definition) is 3. The standard InChI is InChI=1S/C10H14N2O2/c11-8-10(2-6-14-7-3-10)9(13)12-4-1-5-12/h1-7H2. The van der Waals surface area contributed by atoms with Gasteiger partial charge in [-0.1, -0.05) is 0 Å². The van der Waals surface area contributed by atoms with Crippen LogP contribution in [-0.4, -0.2) is 37.1 Å². The predicted octanol–water partition coefficient (Wildman–Crippen LogP) is 0.539. The second-order valence-electron chi connectivity index (χ2n) is 3.95. The van der Waals surface area contributed by atoms with E-state index in [4.69, 9.17) is 10.00 Å². The summed E-state index contributed by atoms with van der Waals surface area (Å²) in [5.74, 6) is 0.0227. The summed E-state index contributed by atoms with van der Waals surface area (Å²) >= 11 is 0. The number of ether oxygens (including phenoxy) is 1. The topological polar surface area (TPSA) is 53.3 Å². The van der Waals surface area contributed by atoms with E-state index >= 15 is 0 Å². The van der Waals surface area contributed by atoms with E-state index in [1.165, 1.54) is 0 Å². The van der Waals surface area contributed by atoms with E-state index in [0.29, 0.717) is 26.1 Å². The maximum Gasteiger partial charge on any atom is 0.243 e. The van der Waals surface area contributed by atoms with Crippen LogP contribution in [0.3, 0.4) is 0 Å². The average molecular weight is 194 g/mol. The van der Waals surface area contributed by atoms with E-state index in [1.54, 1.807) is 4.90 Å². The number of nitriles is 1. The first-order chi connectivity index (χ1) is 6.78. The van der Waals surface area contributed by atoms with Gasteiger partial charge in [-0.2, -0.15) is 5.26 Å². The molecule has 0 radical (unpaired) electrons. The Kier molecular flexibility index (Phi) is 2.42. The molecule has 1 amide bonds. The number of rotatable bonds is 1. The molecule has 0 unspecified atom stereocenters. The highest BCUT2D eigenvalue weighted by Gasteiger charge is 2.44. The second kappa shape index (κ2) is 3.58. The van der Waals surface area contributed by atoms with Gasteiger partial charge in [0.25, 0.3) is 0 Å². The van der Waals surface area contributed by atoms with Gasteiger partial charge in [-0.05, 0) is 19.3 Å². The van der Waals surface area contributed by atoms with Crippen molar-refractivity contribution < 1.29 is 9.53 Å². The minimum atomic E-state index is -0.779. The highest BCUT2D eigenvalue weighted by atomic mass is 16.5. The normalized spacial score (nSPS) is 24.9. The maximum atomic E-state index is 12.0. The van der Waals surface area contributed by atoms with Gasteiger partial charge in [0.05, 0.1) is 6.07 Å².